The molecule has 3 rings (SSSR count). The summed E-state index contributed by atoms with van der Waals surface area (Å²) in [6.07, 6.45) is 2.15. The van der Waals surface area contributed by atoms with E-state index in [1.54, 1.807) is 11.3 Å². The van der Waals surface area contributed by atoms with Crippen molar-refractivity contribution in [3.05, 3.63) is 45.2 Å². The van der Waals surface area contributed by atoms with Crippen LogP contribution >= 0.6 is 27.3 Å². The Bertz CT molecular complexity index is 611. The minimum absolute atomic E-state index is 0.308. The molecule has 92 valence electrons. The number of thiophene rings is 1. The summed E-state index contributed by atoms with van der Waals surface area (Å²) < 4.78 is 1.12. The van der Waals surface area contributed by atoms with Gasteiger partial charge in [-0.2, -0.15) is 0 Å². The third kappa shape index (κ3) is 2.29. The average molecular weight is 321 g/mol. The molecule has 0 saturated heterocycles. The Morgan fingerprint density at radius 1 is 1.28 bits per heavy atom. The first-order valence-corrected chi connectivity index (χ1v) is 7.66. The fourth-order valence-electron chi connectivity index (χ4n) is 1.97. The molecule has 0 N–H and O–H groups in total. The lowest BCUT2D eigenvalue weighted by Gasteiger charge is -2.01. The van der Waals surface area contributed by atoms with Gasteiger partial charge in [-0.25, -0.2) is 0 Å². The van der Waals surface area contributed by atoms with Gasteiger partial charge in [-0.15, -0.1) is 11.3 Å². The third-order valence-corrected chi connectivity index (χ3v) is 5.28. The lowest BCUT2D eigenvalue weighted by atomic mass is 10.1. The highest BCUT2D eigenvalue weighted by molar-refractivity contribution is 9.10. The molecular weight excluding hydrogens is 308 g/mol. The number of rotatable bonds is 3. The van der Waals surface area contributed by atoms with Crippen molar-refractivity contribution in [1.82, 2.24) is 0 Å². The van der Waals surface area contributed by atoms with Crippen molar-refractivity contribution < 1.29 is 4.79 Å². The van der Waals surface area contributed by atoms with E-state index in [1.165, 1.54) is 16.0 Å². The molecule has 1 aliphatic carbocycles. The van der Waals surface area contributed by atoms with Crippen LogP contribution in [0.15, 0.2) is 34.8 Å². The monoisotopic (exact) mass is 320 g/mol. The second-order valence-corrected chi connectivity index (χ2v) is 6.70. The SMILES string of the molecule is Cc1cc(-c2ccc(C(=O)C3CC3)s2)ccc1Br. The lowest BCUT2D eigenvalue weighted by molar-refractivity contribution is 0.0971. The highest BCUT2D eigenvalue weighted by Gasteiger charge is 2.31. The summed E-state index contributed by atoms with van der Waals surface area (Å²) in [7, 11) is 0. The summed E-state index contributed by atoms with van der Waals surface area (Å²) >= 11 is 5.12. The molecule has 1 saturated carbocycles. The molecule has 2 aromatic rings. The van der Waals surface area contributed by atoms with Gasteiger partial charge in [0.05, 0.1) is 4.88 Å². The van der Waals surface area contributed by atoms with E-state index in [1.807, 2.05) is 6.07 Å². The van der Waals surface area contributed by atoms with Crippen LogP contribution in [0.4, 0.5) is 0 Å². The van der Waals surface area contributed by atoms with Crippen molar-refractivity contribution in [2.75, 3.05) is 0 Å². The van der Waals surface area contributed by atoms with Gasteiger partial charge < -0.3 is 0 Å². The van der Waals surface area contributed by atoms with Crippen LogP contribution < -0.4 is 0 Å². The number of carbonyl (C=O) groups excluding carboxylic acids is 1. The molecule has 3 heteroatoms. The van der Waals surface area contributed by atoms with Crippen molar-refractivity contribution >= 4 is 33.0 Å². The van der Waals surface area contributed by atoms with Crippen molar-refractivity contribution in [2.24, 2.45) is 5.92 Å². The summed E-state index contributed by atoms with van der Waals surface area (Å²) in [5, 5.41) is 0. The molecule has 0 atom stereocenters. The Kier molecular flexibility index (Phi) is 3.12. The van der Waals surface area contributed by atoms with Crippen molar-refractivity contribution in [3.63, 3.8) is 0 Å². The predicted octanol–water partition coefficient (Wildman–Crippen LogP) is 5.08. The first kappa shape index (κ1) is 12.1. The second kappa shape index (κ2) is 4.63. The standard InChI is InChI=1S/C15H13BrOS/c1-9-8-11(4-5-12(9)16)13-6-7-14(18-13)15(17)10-2-3-10/h4-8,10H,2-3H2,1H3. The largest absolute Gasteiger partial charge is 0.293 e. The Hall–Kier alpha value is -0.930. The molecule has 0 amide bonds. The fourth-order valence-corrected chi connectivity index (χ4v) is 3.24. The highest BCUT2D eigenvalue weighted by atomic mass is 79.9. The molecule has 0 bridgehead atoms. The number of carbonyl (C=O) groups is 1. The molecule has 1 heterocycles. The summed E-state index contributed by atoms with van der Waals surface area (Å²) in [6, 6.07) is 10.3. The maximum atomic E-state index is 12.0. The van der Waals surface area contributed by atoms with Gasteiger partial charge in [0.25, 0.3) is 0 Å². The topological polar surface area (TPSA) is 17.1 Å². The smallest absolute Gasteiger partial charge is 0.175 e. The van der Waals surface area contributed by atoms with E-state index in [-0.39, 0.29) is 0 Å². The molecule has 0 aliphatic heterocycles. The van der Waals surface area contributed by atoms with Crippen LogP contribution in [-0.4, -0.2) is 5.78 Å². The lowest BCUT2D eigenvalue weighted by Crippen LogP contribution is -1.96. The van der Waals surface area contributed by atoms with Gasteiger partial charge in [-0.3, -0.25) is 4.79 Å². The van der Waals surface area contributed by atoms with Gasteiger partial charge in [-0.1, -0.05) is 22.0 Å². The zero-order chi connectivity index (χ0) is 12.7. The van der Waals surface area contributed by atoms with Crippen LogP contribution in [-0.2, 0) is 0 Å². The van der Waals surface area contributed by atoms with Crippen LogP contribution in [0.3, 0.4) is 0 Å². The minimum atomic E-state index is 0.308. The van der Waals surface area contributed by atoms with Gasteiger partial charge in [-0.05, 0) is 55.2 Å². The number of hydrogen-bond donors (Lipinski definition) is 0. The Balaban J connectivity index is 1.92. The zero-order valence-electron chi connectivity index (χ0n) is 10.1. The average Bonchev–Trinajstić information content (AvgIpc) is 3.09. The van der Waals surface area contributed by atoms with Crippen LogP contribution in [0, 0.1) is 12.8 Å². The second-order valence-electron chi connectivity index (χ2n) is 4.77. The molecule has 0 unspecified atom stereocenters. The summed E-state index contributed by atoms with van der Waals surface area (Å²) in [5.74, 6) is 0.642. The first-order valence-electron chi connectivity index (χ1n) is 6.06. The molecular formula is C15H13BrOS. The normalized spacial score (nSPS) is 14.8. The number of halogens is 1. The maximum Gasteiger partial charge on any atom is 0.175 e. The predicted molar refractivity (Wildman–Crippen MR) is 79.2 cm³/mol. The van der Waals surface area contributed by atoms with Gasteiger partial charge in [0.1, 0.15) is 0 Å². The molecule has 0 radical (unpaired) electrons. The highest BCUT2D eigenvalue weighted by Crippen LogP contribution is 2.37. The van der Waals surface area contributed by atoms with E-state index in [4.69, 9.17) is 0 Å². The van der Waals surface area contributed by atoms with E-state index in [2.05, 4.69) is 47.1 Å². The molecule has 1 nitrogen and oxygen atoms in total. The summed E-state index contributed by atoms with van der Waals surface area (Å²) in [6.45, 7) is 2.08. The molecule has 1 fully saturated rings. The van der Waals surface area contributed by atoms with Gasteiger partial charge in [0, 0.05) is 15.3 Å². The Labute approximate surface area is 119 Å². The molecule has 18 heavy (non-hydrogen) atoms. The van der Waals surface area contributed by atoms with Crippen LogP contribution in [0.5, 0.6) is 0 Å². The third-order valence-electron chi connectivity index (χ3n) is 3.24. The van der Waals surface area contributed by atoms with E-state index >= 15 is 0 Å². The number of hydrogen-bond acceptors (Lipinski definition) is 2. The number of ketones is 1. The maximum absolute atomic E-state index is 12.0. The van der Waals surface area contributed by atoms with Crippen LogP contribution in [0.2, 0.25) is 0 Å². The molecule has 0 spiro atoms. The number of aryl methyl sites for hydroxylation is 1. The zero-order valence-corrected chi connectivity index (χ0v) is 12.5. The van der Waals surface area contributed by atoms with Crippen LogP contribution in [0.1, 0.15) is 28.1 Å². The number of benzene rings is 1. The van der Waals surface area contributed by atoms with Gasteiger partial charge >= 0.3 is 0 Å². The summed E-state index contributed by atoms with van der Waals surface area (Å²) in [4.78, 5) is 14.1. The Morgan fingerprint density at radius 3 is 2.72 bits per heavy atom. The molecule has 1 aliphatic rings. The minimum Gasteiger partial charge on any atom is -0.293 e. The van der Waals surface area contributed by atoms with E-state index in [0.717, 1.165) is 22.2 Å². The number of Topliss-reactive ketones (excluding diaryl/α,β-unsaturated/α-hetero) is 1. The Morgan fingerprint density at radius 2 is 2.06 bits per heavy atom. The van der Waals surface area contributed by atoms with Crippen LogP contribution in [0.25, 0.3) is 10.4 Å². The van der Waals surface area contributed by atoms with Gasteiger partial charge in [0.2, 0.25) is 0 Å². The van der Waals surface area contributed by atoms with Crippen molar-refractivity contribution in [3.8, 4) is 10.4 Å². The van der Waals surface area contributed by atoms with Gasteiger partial charge in [0.15, 0.2) is 5.78 Å². The quantitative estimate of drug-likeness (QED) is 0.721. The fraction of sp³-hybridized carbons (Fsp3) is 0.267. The molecule has 1 aromatic heterocycles. The van der Waals surface area contributed by atoms with E-state index in [0.29, 0.717) is 11.7 Å². The van der Waals surface area contributed by atoms with Crippen molar-refractivity contribution in [1.29, 1.82) is 0 Å². The molecule has 1 aromatic carbocycles. The van der Waals surface area contributed by atoms with Crippen molar-refractivity contribution in [2.45, 2.75) is 19.8 Å². The first-order chi connectivity index (χ1) is 8.65. The van der Waals surface area contributed by atoms with E-state index in [9.17, 15) is 4.79 Å². The van der Waals surface area contributed by atoms with E-state index < -0.39 is 0 Å². The summed E-state index contributed by atoms with van der Waals surface area (Å²) in [5.41, 5.74) is 2.41.